The summed E-state index contributed by atoms with van der Waals surface area (Å²) in [5.41, 5.74) is 3.83. The van der Waals surface area contributed by atoms with Crippen LogP contribution in [0.4, 0.5) is 10.6 Å². The van der Waals surface area contributed by atoms with Gasteiger partial charge in [0.2, 0.25) is 0 Å². The first-order chi connectivity index (χ1) is 27.0. The van der Waals surface area contributed by atoms with Gasteiger partial charge in [-0.1, -0.05) is 91.0 Å². The molecule has 4 atom stereocenters. The van der Waals surface area contributed by atoms with E-state index in [-0.39, 0.29) is 35.9 Å². The van der Waals surface area contributed by atoms with E-state index in [1.165, 1.54) is 16.5 Å². The number of carbonyl (C=O) groups excluding carboxylic acids is 2. The highest BCUT2D eigenvalue weighted by Gasteiger charge is 2.47. The number of carbonyl (C=O) groups is 2. The van der Waals surface area contributed by atoms with Gasteiger partial charge < -0.3 is 36.2 Å². The molecular formula is C42H53N9O5. The second-order valence-corrected chi connectivity index (χ2v) is 14.7. The third-order valence-corrected chi connectivity index (χ3v) is 10.3. The Morgan fingerprint density at radius 1 is 0.875 bits per heavy atom. The summed E-state index contributed by atoms with van der Waals surface area (Å²) >= 11 is 0. The van der Waals surface area contributed by atoms with E-state index in [1.54, 1.807) is 6.92 Å². The number of amides is 3. The minimum atomic E-state index is -1.48. The molecule has 56 heavy (non-hydrogen) atoms. The molecule has 6 N–H and O–H groups in total. The summed E-state index contributed by atoms with van der Waals surface area (Å²) in [6.07, 6.45) is -3.94. The Kier molecular flexibility index (Phi) is 13.0. The molecule has 1 aliphatic rings. The fourth-order valence-electron chi connectivity index (χ4n) is 7.44. The molecule has 3 amide bonds. The van der Waals surface area contributed by atoms with Crippen LogP contribution in [0, 0.1) is 0 Å². The van der Waals surface area contributed by atoms with E-state index in [0.717, 1.165) is 11.1 Å². The quantitative estimate of drug-likeness (QED) is 0.0851. The zero-order valence-corrected chi connectivity index (χ0v) is 32.6. The topological polar surface area (TPSA) is 179 Å². The van der Waals surface area contributed by atoms with Crippen molar-refractivity contribution in [3.8, 4) is 0 Å². The molecule has 3 aromatic carbocycles. The molecular weight excluding hydrogens is 711 g/mol. The number of rotatable bonds is 16. The lowest BCUT2D eigenvalue weighted by molar-refractivity contribution is -0.137. The molecule has 14 nitrogen and oxygen atoms in total. The molecule has 0 radical (unpaired) electrons. The number of aromatic nitrogens is 4. The molecule has 6 rings (SSSR count). The summed E-state index contributed by atoms with van der Waals surface area (Å²) in [7, 11) is 0. The first-order valence-electron chi connectivity index (χ1n) is 19.2. The SMILES string of the molecule is CCNC(=O)[C@H]1O[C@@H](n2cnc3c(NCC(c4ccccc4)c4ccccc4)nc(CNC(=O)NCCN(C(C)C)C(C)(C)c4ccccc4)nc32)[C@H](O)[C@@H]1O. The Morgan fingerprint density at radius 3 is 2.11 bits per heavy atom. The third kappa shape index (κ3) is 9.00. The van der Waals surface area contributed by atoms with Gasteiger partial charge in [-0.25, -0.2) is 19.7 Å². The number of nitrogens with zero attached hydrogens (tertiary/aromatic N) is 5. The zero-order valence-electron chi connectivity index (χ0n) is 32.6. The first-order valence-corrected chi connectivity index (χ1v) is 19.2. The number of likely N-dealkylation sites (N-methyl/N-ethyl adjacent to an activating group) is 1. The standard InChI is InChI=1S/C42H53N9O5/c1-6-43-39(54)36-34(52)35(53)40(56-36)50-26-47-33-37(45-24-31(28-16-10-7-11-17-28)29-18-12-8-13-19-29)48-32(49-38(33)50)25-46-41(55)44-22-23-51(27(2)3)42(4,5)30-20-14-9-15-21-30/h7-21,26-27,31,34-36,40,52-53H,6,22-25H2,1-5H3,(H,43,54)(H2,44,46,55)(H,45,48,49)/t34-,35+,36-,40+/m0/s1. The van der Waals surface area contributed by atoms with Gasteiger partial charge in [0.15, 0.2) is 35.1 Å². The van der Waals surface area contributed by atoms with Gasteiger partial charge in [0.05, 0.1) is 12.9 Å². The van der Waals surface area contributed by atoms with Crippen molar-refractivity contribution in [1.29, 1.82) is 0 Å². The van der Waals surface area contributed by atoms with E-state index in [9.17, 15) is 19.8 Å². The summed E-state index contributed by atoms with van der Waals surface area (Å²) in [4.78, 5) is 42.3. The summed E-state index contributed by atoms with van der Waals surface area (Å²) in [5, 5.41) is 33.8. The van der Waals surface area contributed by atoms with Crippen LogP contribution in [0.5, 0.6) is 0 Å². The zero-order chi connectivity index (χ0) is 39.8. The molecule has 5 aromatic rings. The molecule has 1 aliphatic heterocycles. The van der Waals surface area contributed by atoms with Gasteiger partial charge in [0.1, 0.15) is 12.2 Å². The van der Waals surface area contributed by atoms with E-state index in [2.05, 4.69) is 95.2 Å². The Bertz CT molecular complexity index is 2010. The lowest BCUT2D eigenvalue weighted by Gasteiger charge is -2.42. The highest BCUT2D eigenvalue weighted by molar-refractivity contribution is 5.84. The van der Waals surface area contributed by atoms with Crippen LogP contribution in [0.15, 0.2) is 97.3 Å². The van der Waals surface area contributed by atoms with Gasteiger partial charge in [0.25, 0.3) is 5.91 Å². The van der Waals surface area contributed by atoms with Crippen LogP contribution in [0.1, 0.15) is 69.3 Å². The minimum Gasteiger partial charge on any atom is -0.387 e. The number of ether oxygens (including phenoxy) is 1. The fraction of sp³-hybridized carbons (Fsp3) is 0.405. The maximum Gasteiger partial charge on any atom is 0.315 e. The van der Waals surface area contributed by atoms with E-state index in [4.69, 9.17) is 14.7 Å². The number of aliphatic hydroxyl groups is 2. The molecule has 0 spiro atoms. The molecule has 296 valence electrons. The van der Waals surface area contributed by atoms with Crippen LogP contribution in [-0.2, 0) is 21.6 Å². The average Bonchev–Trinajstić information content (AvgIpc) is 3.76. The normalized spacial score (nSPS) is 18.5. The molecule has 1 fully saturated rings. The molecule has 0 aliphatic carbocycles. The monoisotopic (exact) mass is 763 g/mol. The Hall–Kier alpha value is -5.41. The molecule has 0 unspecified atom stereocenters. The highest BCUT2D eigenvalue weighted by atomic mass is 16.6. The lowest BCUT2D eigenvalue weighted by atomic mass is 9.91. The van der Waals surface area contributed by atoms with Crippen molar-refractivity contribution in [1.82, 2.24) is 40.4 Å². The van der Waals surface area contributed by atoms with E-state index in [0.29, 0.717) is 43.2 Å². The summed E-state index contributed by atoms with van der Waals surface area (Å²) in [6.45, 7) is 12.2. The number of benzene rings is 3. The first kappa shape index (κ1) is 40.3. The third-order valence-electron chi connectivity index (χ3n) is 10.3. The van der Waals surface area contributed by atoms with Gasteiger partial charge in [-0.2, -0.15) is 0 Å². The number of fused-ring (bicyclic) bond motifs is 1. The molecule has 0 bridgehead atoms. The maximum atomic E-state index is 13.2. The van der Waals surface area contributed by atoms with Crippen molar-refractivity contribution < 1.29 is 24.5 Å². The smallest absolute Gasteiger partial charge is 0.315 e. The Balaban J connectivity index is 1.23. The fourth-order valence-corrected chi connectivity index (χ4v) is 7.44. The maximum absolute atomic E-state index is 13.2. The van der Waals surface area contributed by atoms with E-state index in [1.807, 2.05) is 54.6 Å². The number of imidazole rings is 1. The van der Waals surface area contributed by atoms with Crippen molar-refractivity contribution in [3.63, 3.8) is 0 Å². The minimum absolute atomic E-state index is 0.0237. The van der Waals surface area contributed by atoms with Gasteiger partial charge in [-0.3, -0.25) is 14.3 Å². The van der Waals surface area contributed by atoms with Crippen LogP contribution in [0.25, 0.3) is 11.2 Å². The van der Waals surface area contributed by atoms with Crippen molar-refractivity contribution in [2.24, 2.45) is 0 Å². The van der Waals surface area contributed by atoms with Crippen LogP contribution >= 0.6 is 0 Å². The van der Waals surface area contributed by atoms with E-state index >= 15 is 0 Å². The molecule has 3 heterocycles. The second kappa shape index (κ2) is 18.0. The number of anilines is 1. The van der Waals surface area contributed by atoms with Gasteiger partial charge in [-0.15, -0.1) is 0 Å². The van der Waals surface area contributed by atoms with Gasteiger partial charge in [0, 0.05) is 43.7 Å². The number of nitrogens with one attached hydrogen (secondary N) is 4. The predicted octanol–water partition coefficient (Wildman–Crippen LogP) is 4.27. The van der Waals surface area contributed by atoms with E-state index < -0.39 is 30.4 Å². The van der Waals surface area contributed by atoms with Crippen LogP contribution in [-0.4, -0.2) is 97.1 Å². The van der Waals surface area contributed by atoms with Gasteiger partial charge in [-0.05, 0) is 51.3 Å². The highest BCUT2D eigenvalue weighted by Crippen LogP contribution is 2.34. The lowest BCUT2D eigenvalue weighted by Crippen LogP contribution is -2.49. The second-order valence-electron chi connectivity index (χ2n) is 14.7. The van der Waals surface area contributed by atoms with Crippen molar-refractivity contribution >= 4 is 28.9 Å². The molecule has 0 saturated carbocycles. The number of hydrogen-bond donors (Lipinski definition) is 6. The van der Waals surface area contributed by atoms with Gasteiger partial charge >= 0.3 is 6.03 Å². The van der Waals surface area contributed by atoms with Crippen LogP contribution in [0.2, 0.25) is 0 Å². The molecule has 1 saturated heterocycles. The number of urea groups is 1. The van der Waals surface area contributed by atoms with Crippen molar-refractivity contribution in [2.75, 3.05) is 31.5 Å². The average molecular weight is 764 g/mol. The predicted molar refractivity (Wildman–Crippen MR) is 215 cm³/mol. The number of hydrogen-bond acceptors (Lipinski definition) is 10. The Morgan fingerprint density at radius 2 is 1.50 bits per heavy atom. The van der Waals surface area contributed by atoms with Crippen LogP contribution < -0.4 is 21.3 Å². The summed E-state index contributed by atoms with van der Waals surface area (Å²) < 4.78 is 7.41. The molecule has 2 aromatic heterocycles. The summed E-state index contributed by atoms with van der Waals surface area (Å²) in [6, 6.07) is 30.5. The molecule has 14 heteroatoms. The largest absolute Gasteiger partial charge is 0.387 e. The summed E-state index contributed by atoms with van der Waals surface area (Å²) in [5.74, 6) is 0.107. The van der Waals surface area contributed by atoms with Crippen LogP contribution in [0.3, 0.4) is 0 Å². The number of aliphatic hydroxyl groups excluding tert-OH is 2. The van der Waals surface area contributed by atoms with Crippen molar-refractivity contribution in [3.05, 3.63) is 120 Å². The van der Waals surface area contributed by atoms with Crippen molar-refractivity contribution in [2.45, 2.75) is 83.2 Å². The Labute approximate surface area is 327 Å².